The molecule has 3 nitrogen and oxygen atoms in total. The van der Waals surface area contributed by atoms with Crippen molar-refractivity contribution in [3.63, 3.8) is 0 Å². The zero-order chi connectivity index (χ0) is 17.7. The molecule has 0 N–H and O–H groups in total. The first kappa shape index (κ1) is 21.5. The normalized spacial score (nSPS) is 15.5. The Bertz CT molecular complexity index is 326. The molecule has 1 heterocycles. The summed E-state index contributed by atoms with van der Waals surface area (Å²) in [6, 6.07) is 0. The molecule has 142 valence electrons. The zero-order valence-corrected chi connectivity index (χ0v) is 16.8. The van der Waals surface area contributed by atoms with Gasteiger partial charge in [-0.15, -0.1) is 0 Å². The first-order valence-corrected chi connectivity index (χ1v) is 10.8. The topological polar surface area (TPSA) is 20.3 Å². The summed E-state index contributed by atoms with van der Waals surface area (Å²) >= 11 is 0. The van der Waals surface area contributed by atoms with Crippen LogP contribution in [0.5, 0.6) is 0 Å². The predicted octanol–water partition coefficient (Wildman–Crippen LogP) is 5.34. The molecular formula is C21H43N2O+. The number of likely N-dealkylation sites (tertiary alicyclic amines) is 1. The van der Waals surface area contributed by atoms with Crippen LogP contribution in [0.4, 0.5) is 0 Å². The first-order valence-electron chi connectivity index (χ1n) is 10.8. The lowest BCUT2D eigenvalue weighted by Gasteiger charge is -2.39. The highest BCUT2D eigenvalue weighted by Gasteiger charge is 2.30. The zero-order valence-electron chi connectivity index (χ0n) is 16.8. The van der Waals surface area contributed by atoms with Crippen molar-refractivity contribution in [3.05, 3.63) is 0 Å². The fourth-order valence-corrected chi connectivity index (χ4v) is 3.96. The van der Waals surface area contributed by atoms with Crippen LogP contribution in [-0.2, 0) is 4.79 Å². The van der Waals surface area contributed by atoms with Crippen molar-refractivity contribution in [3.8, 4) is 0 Å². The third-order valence-corrected chi connectivity index (χ3v) is 5.97. The van der Waals surface area contributed by atoms with Crippen molar-refractivity contribution in [1.82, 2.24) is 4.90 Å². The Morgan fingerprint density at radius 3 is 1.83 bits per heavy atom. The van der Waals surface area contributed by atoms with Crippen LogP contribution < -0.4 is 0 Å². The molecule has 1 saturated heterocycles. The molecule has 3 heteroatoms. The molecule has 0 aromatic carbocycles. The molecule has 0 spiro atoms. The number of nitrogens with zero attached hydrogens (tertiary/aromatic N) is 2. The first-order chi connectivity index (χ1) is 11.7. The maximum atomic E-state index is 11.9. The van der Waals surface area contributed by atoms with Gasteiger partial charge in [-0.1, -0.05) is 58.3 Å². The summed E-state index contributed by atoms with van der Waals surface area (Å²) in [5.41, 5.74) is 0. The minimum Gasteiger partial charge on any atom is -0.307 e. The van der Waals surface area contributed by atoms with E-state index in [1.807, 2.05) is 0 Å². The van der Waals surface area contributed by atoms with E-state index < -0.39 is 0 Å². The van der Waals surface area contributed by atoms with Gasteiger partial charge in [-0.25, -0.2) is 0 Å². The Morgan fingerprint density at radius 2 is 1.38 bits per heavy atom. The predicted molar refractivity (Wildman–Crippen MR) is 104 cm³/mol. The number of hydrogen-bond donors (Lipinski definition) is 0. The van der Waals surface area contributed by atoms with Crippen LogP contribution in [0.15, 0.2) is 0 Å². The van der Waals surface area contributed by atoms with Crippen LogP contribution in [0.25, 0.3) is 0 Å². The molecule has 0 aromatic rings. The second kappa shape index (κ2) is 12.7. The third kappa shape index (κ3) is 8.00. The van der Waals surface area contributed by atoms with E-state index in [1.54, 1.807) is 0 Å². The standard InChI is InChI=1S/C21H43N2O/c1-4-7-8-9-10-11-12-13-14-15-19-23(5-2,6-3)20-22-18-16-17-21(22)24/h4-20H2,1-3H3/q+1. The van der Waals surface area contributed by atoms with Gasteiger partial charge in [0.1, 0.15) is 0 Å². The molecule has 0 atom stereocenters. The molecule has 0 unspecified atom stereocenters. The maximum Gasteiger partial charge on any atom is 0.226 e. The molecule has 24 heavy (non-hydrogen) atoms. The fourth-order valence-electron chi connectivity index (χ4n) is 3.96. The summed E-state index contributed by atoms with van der Waals surface area (Å²) in [7, 11) is 0. The largest absolute Gasteiger partial charge is 0.307 e. The van der Waals surface area contributed by atoms with Crippen molar-refractivity contribution in [2.45, 2.75) is 97.8 Å². The molecule has 0 saturated carbocycles. The SMILES string of the molecule is CCCCCCCCCCCC[N+](CC)(CC)CN1CCCC1=O. The van der Waals surface area contributed by atoms with Crippen molar-refractivity contribution in [1.29, 1.82) is 0 Å². The van der Waals surface area contributed by atoms with E-state index in [2.05, 4.69) is 25.7 Å². The summed E-state index contributed by atoms with van der Waals surface area (Å²) < 4.78 is 1.10. The number of rotatable bonds is 15. The number of carbonyl (C=O) groups is 1. The quantitative estimate of drug-likeness (QED) is 0.291. The molecule has 1 aliphatic heterocycles. The lowest BCUT2D eigenvalue weighted by molar-refractivity contribution is -0.933. The highest BCUT2D eigenvalue weighted by atomic mass is 16.2. The number of carbonyl (C=O) groups excluding carboxylic acids is 1. The molecule has 0 bridgehead atoms. The number of hydrogen-bond acceptors (Lipinski definition) is 1. The van der Waals surface area contributed by atoms with E-state index in [0.717, 1.165) is 43.6 Å². The molecule has 0 aliphatic carbocycles. The van der Waals surface area contributed by atoms with Crippen LogP contribution in [0, 0.1) is 0 Å². The third-order valence-electron chi connectivity index (χ3n) is 5.97. The van der Waals surface area contributed by atoms with Gasteiger partial charge in [-0.05, 0) is 33.1 Å². The molecular weight excluding hydrogens is 296 g/mol. The lowest BCUT2D eigenvalue weighted by Crippen LogP contribution is -2.55. The summed E-state index contributed by atoms with van der Waals surface area (Å²) in [6.07, 6.45) is 15.8. The average molecular weight is 340 g/mol. The Balaban J connectivity index is 2.13. The second-order valence-electron chi connectivity index (χ2n) is 7.78. The molecule has 1 amide bonds. The van der Waals surface area contributed by atoms with E-state index in [0.29, 0.717) is 5.91 Å². The smallest absolute Gasteiger partial charge is 0.226 e. The number of unbranched alkanes of at least 4 members (excludes halogenated alkanes) is 9. The van der Waals surface area contributed by atoms with Crippen LogP contribution in [-0.4, -0.2) is 48.1 Å². The number of amides is 1. The van der Waals surface area contributed by atoms with E-state index in [-0.39, 0.29) is 0 Å². The van der Waals surface area contributed by atoms with Gasteiger partial charge in [0.25, 0.3) is 0 Å². The van der Waals surface area contributed by atoms with Gasteiger partial charge in [0.2, 0.25) is 5.91 Å². The Morgan fingerprint density at radius 1 is 0.833 bits per heavy atom. The van der Waals surface area contributed by atoms with Crippen LogP contribution >= 0.6 is 0 Å². The van der Waals surface area contributed by atoms with Gasteiger partial charge in [-0.2, -0.15) is 0 Å². The minimum atomic E-state index is 0.377. The van der Waals surface area contributed by atoms with Gasteiger partial charge in [-0.3, -0.25) is 9.69 Å². The molecule has 1 rings (SSSR count). The lowest BCUT2D eigenvalue weighted by atomic mass is 10.1. The van der Waals surface area contributed by atoms with Gasteiger partial charge in [0, 0.05) is 13.0 Å². The molecule has 0 radical (unpaired) electrons. The summed E-state index contributed by atoms with van der Waals surface area (Å²) in [4.78, 5) is 14.1. The van der Waals surface area contributed by atoms with E-state index in [4.69, 9.17) is 0 Å². The van der Waals surface area contributed by atoms with Gasteiger partial charge in [0.05, 0.1) is 19.6 Å². The van der Waals surface area contributed by atoms with Crippen LogP contribution in [0.1, 0.15) is 97.8 Å². The van der Waals surface area contributed by atoms with Crippen molar-refractivity contribution < 1.29 is 9.28 Å². The Kier molecular flexibility index (Phi) is 11.4. The maximum absolute atomic E-state index is 11.9. The summed E-state index contributed by atoms with van der Waals surface area (Å²) in [5, 5.41) is 0. The minimum absolute atomic E-state index is 0.377. The highest BCUT2D eigenvalue weighted by molar-refractivity contribution is 5.77. The van der Waals surface area contributed by atoms with Crippen molar-refractivity contribution in [2.75, 3.05) is 32.8 Å². The van der Waals surface area contributed by atoms with Crippen LogP contribution in [0.3, 0.4) is 0 Å². The van der Waals surface area contributed by atoms with E-state index in [1.165, 1.54) is 70.8 Å². The average Bonchev–Trinajstić information content (AvgIpc) is 3.00. The second-order valence-corrected chi connectivity index (χ2v) is 7.78. The fraction of sp³-hybridized carbons (Fsp3) is 0.952. The van der Waals surface area contributed by atoms with Crippen molar-refractivity contribution in [2.24, 2.45) is 0 Å². The van der Waals surface area contributed by atoms with E-state index in [9.17, 15) is 4.79 Å². The molecule has 0 aromatic heterocycles. The highest BCUT2D eigenvalue weighted by Crippen LogP contribution is 2.18. The summed E-state index contributed by atoms with van der Waals surface area (Å²) in [5.74, 6) is 0.377. The van der Waals surface area contributed by atoms with Gasteiger partial charge >= 0.3 is 0 Å². The Hall–Kier alpha value is -0.570. The number of quaternary nitrogens is 1. The Labute approximate surface area is 151 Å². The summed E-state index contributed by atoms with van der Waals surface area (Å²) in [6.45, 7) is 12.3. The van der Waals surface area contributed by atoms with Crippen molar-refractivity contribution >= 4 is 5.91 Å². The monoisotopic (exact) mass is 339 g/mol. The van der Waals surface area contributed by atoms with Gasteiger partial charge < -0.3 is 4.48 Å². The molecule has 1 fully saturated rings. The van der Waals surface area contributed by atoms with Gasteiger partial charge in [0.15, 0.2) is 6.67 Å². The van der Waals surface area contributed by atoms with E-state index >= 15 is 0 Å². The van der Waals surface area contributed by atoms with Crippen LogP contribution in [0.2, 0.25) is 0 Å². The molecule has 1 aliphatic rings.